The van der Waals surface area contributed by atoms with Crippen LogP contribution in [0.25, 0.3) is 0 Å². The third kappa shape index (κ3) is 3.40. The second-order valence-electron chi connectivity index (χ2n) is 5.39. The van der Waals surface area contributed by atoms with E-state index in [0.29, 0.717) is 5.92 Å². The van der Waals surface area contributed by atoms with Gasteiger partial charge in [0.1, 0.15) is 0 Å². The van der Waals surface area contributed by atoms with Crippen molar-refractivity contribution in [3.8, 4) is 0 Å². The third-order valence-electron chi connectivity index (χ3n) is 4.31. The zero-order chi connectivity index (χ0) is 13.1. The van der Waals surface area contributed by atoms with Crippen LogP contribution in [0.1, 0.15) is 50.6 Å². The van der Waals surface area contributed by atoms with Gasteiger partial charge in [0, 0.05) is 9.61 Å². The van der Waals surface area contributed by atoms with E-state index >= 15 is 0 Å². The van der Waals surface area contributed by atoms with Crippen LogP contribution < -0.4 is 5.73 Å². The summed E-state index contributed by atoms with van der Waals surface area (Å²) in [5.74, 6) is 1.55. The molecule has 0 bridgehead atoms. The Morgan fingerprint density at radius 2 is 2.00 bits per heavy atom. The zero-order valence-electron chi connectivity index (χ0n) is 10.8. The molecule has 0 spiro atoms. The highest BCUT2D eigenvalue weighted by Gasteiger charge is 2.25. The Hall–Kier alpha value is 0.200. The summed E-state index contributed by atoms with van der Waals surface area (Å²) in [6.45, 7) is 2.30. The minimum atomic E-state index is 0.150. The maximum absolute atomic E-state index is 6.41. The van der Waals surface area contributed by atoms with E-state index in [1.165, 1.54) is 37.7 Å². The van der Waals surface area contributed by atoms with Gasteiger partial charge >= 0.3 is 0 Å². The predicted octanol–water partition coefficient (Wildman–Crippen LogP) is 5.16. The molecule has 1 saturated carbocycles. The fraction of sp³-hybridized carbons (Fsp3) is 0.600. The average molecular weight is 378 g/mol. The summed E-state index contributed by atoms with van der Waals surface area (Å²) in [5.41, 5.74) is 7.61. The van der Waals surface area contributed by atoms with Crippen LogP contribution >= 0.6 is 34.2 Å². The monoisotopic (exact) mass is 377 g/mol. The third-order valence-corrected chi connectivity index (χ3v) is 5.88. The summed E-state index contributed by atoms with van der Waals surface area (Å²) < 4.78 is 1.10. The molecule has 100 valence electrons. The first kappa shape index (κ1) is 14.6. The minimum Gasteiger partial charge on any atom is -0.324 e. The molecule has 1 aliphatic carbocycles. The van der Waals surface area contributed by atoms with Crippen LogP contribution in [0.15, 0.2) is 18.2 Å². The molecule has 0 radical (unpaired) electrons. The minimum absolute atomic E-state index is 0.150. The Morgan fingerprint density at radius 3 is 2.56 bits per heavy atom. The summed E-state index contributed by atoms with van der Waals surface area (Å²) in [6.07, 6.45) is 6.53. The Morgan fingerprint density at radius 1 is 1.33 bits per heavy atom. The fourth-order valence-corrected chi connectivity index (χ4v) is 3.47. The first-order valence-electron chi connectivity index (χ1n) is 6.82. The normalized spacial score (nSPS) is 26.0. The van der Waals surface area contributed by atoms with Gasteiger partial charge in [-0.3, -0.25) is 0 Å². The van der Waals surface area contributed by atoms with E-state index in [1.54, 1.807) is 0 Å². The van der Waals surface area contributed by atoms with E-state index in [9.17, 15) is 0 Å². The smallest absolute Gasteiger partial charge is 0.0542 e. The molecule has 1 aliphatic rings. The van der Waals surface area contributed by atoms with Crippen LogP contribution in [0.2, 0.25) is 5.02 Å². The molecular formula is C15H21ClIN. The molecular weight excluding hydrogens is 357 g/mol. The van der Waals surface area contributed by atoms with Gasteiger partial charge in [0.15, 0.2) is 0 Å². The van der Waals surface area contributed by atoms with Gasteiger partial charge in [-0.05, 0) is 65.0 Å². The van der Waals surface area contributed by atoms with Gasteiger partial charge in [0.2, 0.25) is 0 Å². The quantitative estimate of drug-likeness (QED) is 0.723. The Labute approximate surface area is 129 Å². The standard InChI is InChI=1S/C15H21ClIN/c1-2-10-3-5-11(6-4-10)15(18)12-7-8-14(17)13(16)9-12/h7-11,15H,2-6,18H2,1H3. The first-order chi connectivity index (χ1) is 8.61. The molecule has 0 amide bonds. The van der Waals surface area contributed by atoms with Gasteiger partial charge in [-0.2, -0.15) is 0 Å². The molecule has 2 rings (SSSR count). The molecule has 1 fully saturated rings. The summed E-state index contributed by atoms with van der Waals surface area (Å²) >= 11 is 8.43. The van der Waals surface area contributed by atoms with E-state index in [2.05, 4.69) is 41.6 Å². The first-order valence-corrected chi connectivity index (χ1v) is 8.28. The van der Waals surface area contributed by atoms with E-state index < -0.39 is 0 Å². The fourth-order valence-electron chi connectivity index (χ4n) is 2.95. The molecule has 0 saturated heterocycles. The number of hydrogen-bond donors (Lipinski definition) is 1. The molecule has 2 N–H and O–H groups in total. The summed E-state index contributed by atoms with van der Waals surface area (Å²) in [5, 5.41) is 0.825. The molecule has 3 heteroatoms. The topological polar surface area (TPSA) is 26.0 Å². The maximum Gasteiger partial charge on any atom is 0.0542 e. The van der Waals surface area contributed by atoms with E-state index in [-0.39, 0.29) is 6.04 Å². The molecule has 1 aromatic rings. The SMILES string of the molecule is CCC1CCC(C(N)c2ccc(I)c(Cl)c2)CC1. The maximum atomic E-state index is 6.41. The number of nitrogens with two attached hydrogens (primary N) is 1. The molecule has 1 atom stereocenters. The molecule has 0 aliphatic heterocycles. The van der Waals surface area contributed by atoms with Crippen LogP contribution in [0, 0.1) is 15.4 Å². The van der Waals surface area contributed by atoms with E-state index in [1.807, 2.05) is 6.07 Å². The van der Waals surface area contributed by atoms with Gasteiger partial charge in [0.25, 0.3) is 0 Å². The largest absolute Gasteiger partial charge is 0.324 e. The van der Waals surface area contributed by atoms with Gasteiger partial charge in [-0.1, -0.05) is 43.9 Å². The van der Waals surface area contributed by atoms with Crippen LogP contribution in [0.3, 0.4) is 0 Å². The Kier molecular flexibility index (Phi) is 5.34. The summed E-state index contributed by atoms with van der Waals surface area (Å²) in [4.78, 5) is 0. The number of rotatable bonds is 3. The van der Waals surface area contributed by atoms with Crippen molar-refractivity contribution in [3.63, 3.8) is 0 Å². The molecule has 1 unspecified atom stereocenters. The molecule has 1 nitrogen and oxygen atoms in total. The molecule has 18 heavy (non-hydrogen) atoms. The summed E-state index contributed by atoms with van der Waals surface area (Å²) in [7, 11) is 0. The highest BCUT2D eigenvalue weighted by atomic mass is 127. The lowest BCUT2D eigenvalue weighted by Crippen LogP contribution is -2.26. The Bertz CT molecular complexity index is 399. The lowest BCUT2D eigenvalue weighted by molar-refractivity contribution is 0.240. The number of halogens is 2. The predicted molar refractivity (Wildman–Crippen MR) is 86.8 cm³/mol. The van der Waals surface area contributed by atoms with Crippen molar-refractivity contribution in [3.05, 3.63) is 32.4 Å². The molecule has 1 aromatic carbocycles. The van der Waals surface area contributed by atoms with Gasteiger partial charge in [-0.15, -0.1) is 0 Å². The molecule has 0 aromatic heterocycles. The second kappa shape index (κ2) is 6.58. The molecule has 0 heterocycles. The van der Waals surface area contributed by atoms with Crippen LogP contribution in [-0.2, 0) is 0 Å². The average Bonchev–Trinajstić information content (AvgIpc) is 2.41. The number of benzene rings is 1. The van der Waals surface area contributed by atoms with Crippen LogP contribution in [0.4, 0.5) is 0 Å². The van der Waals surface area contributed by atoms with Crippen molar-refractivity contribution in [1.29, 1.82) is 0 Å². The summed E-state index contributed by atoms with van der Waals surface area (Å²) in [6, 6.07) is 6.39. The second-order valence-corrected chi connectivity index (χ2v) is 6.96. The van der Waals surface area contributed by atoms with Crippen molar-refractivity contribution in [2.24, 2.45) is 17.6 Å². The lowest BCUT2D eigenvalue weighted by Gasteiger charge is -2.32. The van der Waals surface area contributed by atoms with Crippen LogP contribution in [-0.4, -0.2) is 0 Å². The van der Waals surface area contributed by atoms with Gasteiger partial charge < -0.3 is 5.73 Å². The Balaban J connectivity index is 2.03. The van der Waals surface area contributed by atoms with Crippen molar-refractivity contribution < 1.29 is 0 Å². The van der Waals surface area contributed by atoms with E-state index in [0.717, 1.165) is 14.5 Å². The highest BCUT2D eigenvalue weighted by Crippen LogP contribution is 2.37. The highest BCUT2D eigenvalue weighted by molar-refractivity contribution is 14.1. The van der Waals surface area contributed by atoms with Crippen molar-refractivity contribution in [2.75, 3.05) is 0 Å². The van der Waals surface area contributed by atoms with Crippen molar-refractivity contribution in [1.82, 2.24) is 0 Å². The van der Waals surface area contributed by atoms with Crippen molar-refractivity contribution >= 4 is 34.2 Å². The number of hydrogen-bond acceptors (Lipinski definition) is 1. The van der Waals surface area contributed by atoms with Crippen molar-refractivity contribution in [2.45, 2.75) is 45.1 Å². The van der Waals surface area contributed by atoms with E-state index in [4.69, 9.17) is 17.3 Å². The van der Waals surface area contributed by atoms with Crippen LogP contribution in [0.5, 0.6) is 0 Å². The van der Waals surface area contributed by atoms with Gasteiger partial charge in [0.05, 0.1) is 5.02 Å². The zero-order valence-corrected chi connectivity index (χ0v) is 13.7. The lowest BCUT2D eigenvalue weighted by atomic mass is 9.76. The van der Waals surface area contributed by atoms with Gasteiger partial charge in [-0.25, -0.2) is 0 Å².